The number of hydrogen-bond acceptors (Lipinski definition) is 4. The molecule has 27 heavy (non-hydrogen) atoms. The van der Waals surface area contributed by atoms with Crippen LogP contribution in [0.5, 0.6) is 0 Å². The highest BCUT2D eigenvalue weighted by Gasteiger charge is 2.52. The zero-order valence-corrected chi connectivity index (χ0v) is 16.4. The molecular formula is C21H25BN2O3. The maximum absolute atomic E-state index is 13.1. The molecule has 0 saturated carbocycles. The third-order valence-corrected chi connectivity index (χ3v) is 6.00. The lowest BCUT2D eigenvalue weighted by atomic mass is 9.74. The molecule has 0 unspecified atom stereocenters. The molecule has 0 spiro atoms. The lowest BCUT2D eigenvalue weighted by Gasteiger charge is -2.32. The summed E-state index contributed by atoms with van der Waals surface area (Å²) in [6, 6.07) is 7.73. The second-order valence-corrected chi connectivity index (χ2v) is 8.27. The number of rotatable bonds is 2. The first-order valence-electron chi connectivity index (χ1n) is 9.45. The first kappa shape index (κ1) is 18.2. The number of benzene rings is 1. The lowest BCUT2D eigenvalue weighted by Crippen LogP contribution is -2.41. The van der Waals surface area contributed by atoms with Gasteiger partial charge in [-0.2, -0.15) is 0 Å². The van der Waals surface area contributed by atoms with Crippen LogP contribution >= 0.6 is 0 Å². The van der Waals surface area contributed by atoms with Gasteiger partial charge in [-0.25, -0.2) is 0 Å². The molecule has 0 bridgehead atoms. The molecule has 0 radical (unpaired) electrons. The summed E-state index contributed by atoms with van der Waals surface area (Å²) in [6.45, 7) is 9.45. The summed E-state index contributed by atoms with van der Waals surface area (Å²) in [7, 11) is -0.325. The summed E-state index contributed by atoms with van der Waals surface area (Å²) in [4.78, 5) is 19.1. The fourth-order valence-corrected chi connectivity index (χ4v) is 3.55. The number of pyridine rings is 1. The van der Waals surface area contributed by atoms with E-state index in [9.17, 15) is 4.79 Å². The van der Waals surface area contributed by atoms with Crippen molar-refractivity contribution in [3.63, 3.8) is 0 Å². The Bertz CT molecular complexity index is 901. The van der Waals surface area contributed by atoms with Crippen LogP contribution in [0.4, 0.5) is 0 Å². The molecule has 0 N–H and O–H groups in total. The minimum Gasteiger partial charge on any atom is -0.400 e. The zero-order chi connectivity index (χ0) is 19.2. The highest BCUT2D eigenvalue weighted by Crippen LogP contribution is 2.39. The van der Waals surface area contributed by atoms with Crippen LogP contribution in [0, 0.1) is 0 Å². The van der Waals surface area contributed by atoms with E-state index in [0.29, 0.717) is 18.7 Å². The van der Waals surface area contributed by atoms with E-state index in [1.807, 2.05) is 29.2 Å². The smallest absolute Gasteiger partial charge is 0.400 e. The minimum atomic E-state index is -0.346. The van der Waals surface area contributed by atoms with E-state index >= 15 is 0 Å². The number of nitrogens with zero attached hydrogens (tertiary/aromatic N) is 2. The summed E-state index contributed by atoms with van der Waals surface area (Å²) in [5, 5.41) is 1.92. The third-order valence-electron chi connectivity index (χ3n) is 6.00. The Balaban J connectivity index is 1.51. The SMILES string of the molecule is CC1(C)OB(C2=CCN(C(=O)c3cccc4ccncc34)CC2)OC1(C)C. The quantitative estimate of drug-likeness (QED) is 0.764. The van der Waals surface area contributed by atoms with Gasteiger partial charge in [-0.15, -0.1) is 0 Å². The molecule has 2 aliphatic rings. The van der Waals surface area contributed by atoms with Gasteiger partial charge in [0.1, 0.15) is 0 Å². The van der Waals surface area contributed by atoms with Crippen LogP contribution < -0.4 is 0 Å². The highest BCUT2D eigenvalue weighted by molar-refractivity contribution is 6.54. The first-order valence-corrected chi connectivity index (χ1v) is 9.45. The maximum atomic E-state index is 13.1. The molecule has 1 saturated heterocycles. The molecule has 3 heterocycles. The van der Waals surface area contributed by atoms with Crippen molar-refractivity contribution in [1.82, 2.24) is 9.88 Å². The van der Waals surface area contributed by atoms with Crippen molar-refractivity contribution >= 4 is 23.8 Å². The normalized spacial score (nSPS) is 21.4. The van der Waals surface area contributed by atoms with Gasteiger partial charge in [0.2, 0.25) is 0 Å². The molecule has 1 fully saturated rings. The average Bonchev–Trinajstić information content (AvgIpc) is 2.88. The van der Waals surface area contributed by atoms with Crippen molar-refractivity contribution in [3.8, 4) is 0 Å². The zero-order valence-electron chi connectivity index (χ0n) is 16.4. The van der Waals surface area contributed by atoms with Gasteiger partial charge in [0.15, 0.2) is 0 Å². The van der Waals surface area contributed by atoms with Gasteiger partial charge in [-0.1, -0.05) is 18.2 Å². The molecule has 4 rings (SSSR count). The molecule has 5 nitrogen and oxygen atoms in total. The molecule has 140 valence electrons. The second-order valence-electron chi connectivity index (χ2n) is 8.27. The van der Waals surface area contributed by atoms with E-state index < -0.39 is 0 Å². The van der Waals surface area contributed by atoms with E-state index in [-0.39, 0.29) is 24.2 Å². The molecule has 2 aliphatic heterocycles. The van der Waals surface area contributed by atoms with Crippen molar-refractivity contribution < 1.29 is 14.1 Å². The maximum Gasteiger partial charge on any atom is 0.490 e. The Morgan fingerprint density at radius 3 is 2.56 bits per heavy atom. The van der Waals surface area contributed by atoms with E-state index in [1.54, 1.807) is 12.4 Å². The van der Waals surface area contributed by atoms with Crippen LogP contribution in [0.1, 0.15) is 44.5 Å². The number of carbonyl (C=O) groups excluding carboxylic acids is 1. The predicted molar refractivity (Wildman–Crippen MR) is 106 cm³/mol. The van der Waals surface area contributed by atoms with E-state index in [4.69, 9.17) is 9.31 Å². The Morgan fingerprint density at radius 2 is 1.89 bits per heavy atom. The fourth-order valence-electron chi connectivity index (χ4n) is 3.55. The average molecular weight is 364 g/mol. The van der Waals surface area contributed by atoms with Gasteiger partial charge in [0, 0.05) is 36.4 Å². The molecule has 1 aromatic heterocycles. The van der Waals surface area contributed by atoms with Gasteiger partial charge in [0.05, 0.1) is 11.2 Å². The second kappa shape index (κ2) is 6.46. The molecule has 1 aromatic carbocycles. The van der Waals surface area contributed by atoms with Crippen LogP contribution in [0.25, 0.3) is 10.8 Å². The monoisotopic (exact) mass is 364 g/mol. The molecule has 0 aliphatic carbocycles. The Labute approximate surface area is 160 Å². The Morgan fingerprint density at radius 1 is 1.15 bits per heavy atom. The third kappa shape index (κ3) is 3.17. The summed E-state index contributed by atoms with van der Waals surface area (Å²) < 4.78 is 12.3. The predicted octanol–water partition coefficient (Wildman–Crippen LogP) is 3.64. The summed E-state index contributed by atoms with van der Waals surface area (Å²) >= 11 is 0. The molecule has 6 heteroatoms. The first-order chi connectivity index (χ1) is 12.8. The van der Waals surface area contributed by atoms with Gasteiger partial charge in [-0.05, 0) is 57.1 Å². The van der Waals surface area contributed by atoms with Crippen LogP contribution in [0.2, 0.25) is 0 Å². The number of fused-ring (bicyclic) bond motifs is 1. The van der Waals surface area contributed by atoms with Gasteiger partial charge in [0.25, 0.3) is 5.91 Å². The summed E-state index contributed by atoms with van der Waals surface area (Å²) in [6.07, 6.45) is 6.34. The standard InChI is InChI=1S/C21H25BN2O3/c1-20(2)21(3,4)27-22(26-20)16-9-12-24(13-10-16)19(25)17-7-5-6-15-8-11-23-14-18(15)17/h5-9,11,14H,10,12-13H2,1-4H3. The van der Waals surface area contributed by atoms with Crippen molar-refractivity contribution in [2.24, 2.45) is 0 Å². The van der Waals surface area contributed by atoms with Crippen molar-refractivity contribution in [2.75, 3.05) is 13.1 Å². The number of aromatic nitrogens is 1. The molecule has 1 amide bonds. The van der Waals surface area contributed by atoms with E-state index in [0.717, 1.165) is 22.7 Å². The fraction of sp³-hybridized carbons (Fsp3) is 0.429. The Kier molecular flexibility index (Phi) is 4.36. The highest BCUT2D eigenvalue weighted by atomic mass is 16.7. The number of amides is 1. The summed E-state index contributed by atoms with van der Waals surface area (Å²) in [5.41, 5.74) is 1.13. The molecular weight excluding hydrogens is 339 g/mol. The van der Waals surface area contributed by atoms with E-state index in [2.05, 4.69) is 38.8 Å². The largest absolute Gasteiger partial charge is 0.490 e. The van der Waals surface area contributed by atoms with Crippen molar-refractivity contribution in [2.45, 2.75) is 45.3 Å². The number of hydrogen-bond donors (Lipinski definition) is 0. The van der Waals surface area contributed by atoms with Crippen LogP contribution in [0.15, 0.2) is 48.2 Å². The van der Waals surface area contributed by atoms with Crippen LogP contribution in [-0.4, -0.2) is 47.2 Å². The lowest BCUT2D eigenvalue weighted by molar-refractivity contribution is 0.00578. The minimum absolute atomic E-state index is 0.0396. The molecule has 0 atom stereocenters. The van der Waals surface area contributed by atoms with Crippen LogP contribution in [-0.2, 0) is 9.31 Å². The van der Waals surface area contributed by atoms with Crippen molar-refractivity contribution in [3.05, 3.63) is 53.8 Å². The van der Waals surface area contributed by atoms with Gasteiger partial charge < -0.3 is 14.2 Å². The topological polar surface area (TPSA) is 51.7 Å². The van der Waals surface area contributed by atoms with E-state index in [1.165, 1.54) is 0 Å². The van der Waals surface area contributed by atoms with Crippen LogP contribution in [0.3, 0.4) is 0 Å². The van der Waals surface area contributed by atoms with Crippen molar-refractivity contribution in [1.29, 1.82) is 0 Å². The number of carbonyl (C=O) groups is 1. The summed E-state index contributed by atoms with van der Waals surface area (Å²) in [5.74, 6) is 0.0396. The van der Waals surface area contributed by atoms with Gasteiger partial charge in [-0.3, -0.25) is 9.78 Å². The Hall–Kier alpha value is -2.18. The van der Waals surface area contributed by atoms with Gasteiger partial charge >= 0.3 is 7.12 Å². The molecule has 2 aromatic rings.